The van der Waals surface area contributed by atoms with Crippen LogP contribution < -0.4 is 0 Å². The summed E-state index contributed by atoms with van der Waals surface area (Å²) in [6, 6.07) is 4.74. The van der Waals surface area contributed by atoms with E-state index in [0.717, 1.165) is 0 Å². The van der Waals surface area contributed by atoms with Crippen LogP contribution >= 0.6 is 0 Å². The van der Waals surface area contributed by atoms with Crippen LogP contribution in [0, 0.1) is 0 Å². The van der Waals surface area contributed by atoms with E-state index in [2.05, 4.69) is 4.98 Å². The van der Waals surface area contributed by atoms with Gasteiger partial charge in [0, 0.05) is 0 Å². The third-order valence-corrected chi connectivity index (χ3v) is 1.85. The van der Waals surface area contributed by atoms with Gasteiger partial charge < -0.3 is 14.6 Å². The van der Waals surface area contributed by atoms with Crippen LogP contribution in [0.5, 0.6) is 0 Å². The molecule has 0 aliphatic carbocycles. The van der Waals surface area contributed by atoms with Crippen molar-refractivity contribution in [1.82, 2.24) is 4.98 Å². The Balaban J connectivity index is 2.25. The summed E-state index contributed by atoms with van der Waals surface area (Å²) in [5.74, 6) is -1.05. The van der Waals surface area contributed by atoms with E-state index in [1.54, 1.807) is 12.1 Å². The zero-order valence-electron chi connectivity index (χ0n) is 7.34. The summed E-state index contributed by atoms with van der Waals surface area (Å²) in [4.78, 5) is 14.5. The molecule has 0 amide bonds. The van der Waals surface area contributed by atoms with Crippen LogP contribution in [-0.4, -0.2) is 29.3 Å². The number of rotatable bonds is 2. The second-order valence-electron chi connectivity index (χ2n) is 2.83. The molecular weight excluding hydrogens is 186 g/mol. The van der Waals surface area contributed by atoms with Gasteiger partial charge >= 0.3 is 5.97 Å². The lowest BCUT2D eigenvalue weighted by Gasteiger charge is -2.07. The largest absolute Gasteiger partial charge is 0.477 e. The minimum atomic E-state index is -1.05. The molecule has 14 heavy (non-hydrogen) atoms. The van der Waals surface area contributed by atoms with Gasteiger partial charge in [-0.15, -0.1) is 0 Å². The minimum absolute atomic E-state index is 0.00148. The average molecular weight is 195 g/mol. The van der Waals surface area contributed by atoms with Crippen molar-refractivity contribution in [1.29, 1.82) is 0 Å². The highest BCUT2D eigenvalue weighted by molar-refractivity contribution is 5.85. The number of ether oxygens (including phenoxy) is 2. The second kappa shape index (κ2) is 3.73. The standard InChI is InChI=1S/C9H9NO4/c11-8(12)6-2-1-3-7(10-6)9-13-4-5-14-9/h1-3,9H,4-5H2,(H,11,12). The molecule has 0 radical (unpaired) electrons. The number of aromatic nitrogens is 1. The van der Waals surface area contributed by atoms with Gasteiger partial charge in [0.05, 0.1) is 18.9 Å². The van der Waals surface area contributed by atoms with Crippen molar-refractivity contribution in [2.75, 3.05) is 13.2 Å². The molecule has 1 aliphatic heterocycles. The molecule has 0 bridgehead atoms. The van der Waals surface area contributed by atoms with Gasteiger partial charge in [-0.2, -0.15) is 0 Å². The Morgan fingerprint density at radius 3 is 2.79 bits per heavy atom. The van der Waals surface area contributed by atoms with Crippen molar-refractivity contribution in [3.63, 3.8) is 0 Å². The lowest BCUT2D eigenvalue weighted by molar-refractivity contribution is -0.0473. The van der Waals surface area contributed by atoms with Crippen LogP contribution in [0.25, 0.3) is 0 Å². The molecule has 1 aliphatic rings. The van der Waals surface area contributed by atoms with Crippen molar-refractivity contribution in [3.05, 3.63) is 29.6 Å². The normalized spacial score (nSPS) is 17.1. The predicted octanol–water partition coefficient (Wildman–Crippen LogP) is 0.825. The molecule has 1 saturated heterocycles. The zero-order valence-corrected chi connectivity index (χ0v) is 7.34. The van der Waals surface area contributed by atoms with Gasteiger partial charge in [-0.1, -0.05) is 6.07 Å². The number of hydrogen-bond donors (Lipinski definition) is 1. The maximum absolute atomic E-state index is 10.6. The first-order valence-electron chi connectivity index (χ1n) is 4.21. The fourth-order valence-electron chi connectivity index (χ4n) is 1.23. The summed E-state index contributed by atoms with van der Waals surface area (Å²) in [6.45, 7) is 1.04. The quantitative estimate of drug-likeness (QED) is 0.756. The second-order valence-corrected chi connectivity index (χ2v) is 2.83. The Labute approximate surface area is 80.3 Å². The van der Waals surface area contributed by atoms with Gasteiger partial charge in [-0.3, -0.25) is 0 Å². The van der Waals surface area contributed by atoms with E-state index >= 15 is 0 Å². The van der Waals surface area contributed by atoms with E-state index < -0.39 is 12.3 Å². The van der Waals surface area contributed by atoms with Crippen molar-refractivity contribution >= 4 is 5.97 Å². The average Bonchev–Trinajstić information content (AvgIpc) is 2.71. The Morgan fingerprint density at radius 2 is 2.14 bits per heavy atom. The molecule has 2 heterocycles. The fourth-order valence-corrected chi connectivity index (χ4v) is 1.23. The maximum atomic E-state index is 10.6. The van der Waals surface area contributed by atoms with E-state index in [0.29, 0.717) is 18.9 Å². The van der Waals surface area contributed by atoms with E-state index in [1.165, 1.54) is 6.07 Å². The highest BCUT2D eigenvalue weighted by Crippen LogP contribution is 2.21. The summed E-state index contributed by atoms with van der Waals surface area (Å²) in [6.07, 6.45) is -0.519. The molecule has 0 atom stereocenters. The first-order chi connectivity index (χ1) is 6.77. The predicted molar refractivity (Wildman–Crippen MR) is 45.8 cm³/mol. The molecule has 1 fully saturated rings. The van der Waals surface area contributed by atoms with Gasteiger partial charge in [0.1, 0.15) is 5.69 Å². The fraction of sp³-hybridized carbons (Fsp3) is 0.333. The molecule has 5 heteroatoms. The highest BCUT2D eigenvalue weighted by Gasteiger charge is 2.20. The molecule has 1 aromatic heterocycles. The number of carboxylic acids is 1. The topological polar surface area (TPSA) is 68.7 Å². The lowest BCUT2D eigenvalue weighted by atomic mass is 10.3. The van der Waals surface area contributed by atoms with Crippen LogP contribution in [0.1, 0.15) is 22.5 Å². The lowest BCUT2D eigenvalue weighted by Crippen LogP contribution is -2.06. The SMILES string of the molecule is O=C(O)c1cccc(C2OCCO2)n1. The van der Waals surface area contributed by atoms with Gasteiger partial charge in [0.2, 0.25) is 6.29 Å². The third-order valence-electron chi connectivity index (χ3n) is 1.85. The summed E-state index contributed by atoms with van der Waals surface area (Å²) in [5, 5.41) is 8.71. The van der Waals surface area contributed by atoms with Gasteiger partial charge in [0.15, 0.2) is 0 Å². The van der Waals surface area contributed by atoms with Crippen molar-refractivity contribution < 1.29 is 19.4 Å². The maximum Gasteiger partial charge on any atom is 0.354 e. The van der Waals surface area contributed by atoms with Crippen LogP contribution in [0.3, 0.4) is 0 Å². The Kier molecular flexibility index (Phi) is 2.43. The first kappa shape index (κ1) is 9.11. The number of aromatic carboxylic acids is 1. The Hall–Kier alpha value is -1.46. The minimum Gasteiger partial charge on any atom is -0.477 e. The molecule has 0 aromatic carbocycles. The van der Waals surface area contributed by atoms with Crippen molar-refractivity contribution in [3.8, 4) is 0 Å². The molecule has 74 valence electrons. The first-order valence-corrected chi connectivity index (χ1v) is 4.21. The molecule has 0 spiro atoms. The molecule has 0 saturated carbocycles. The van der Waals surface area contributed by atoms with E-state index in [9.17, 15) is 4.79 Å². The smallest absolute Gasteiger partial charge is 0.354 e. The Bertz CT molecular complexity index is 346. The van der Waals surface area contributed by atoms with Crippen molar-refractivity contribution in [2.45, 2.75) is 6.29 Å². The van der Waals surface area contributed by atoms with Crippen molar-refractivity contribution in [2.24, 2.45) is 0 Å². The van der Waals surface area contributed by atoms with E-state index in [1.807, 2.05) is 0 Å². The van der Waals surface area contributed by atoms with E-state index in [-0.39, 0.29) is 5.69 Å². The van der Waals surface area contributed by atoms with E-state index in [4.69, 9.17) is 14.6 Å². The summed E-state index contributed by atoms with van der Waals surface area (Å²) in [5.41, 5.74) is 0.504. The number of carbonyl (C=O) groups is 1. The molecule has 0 unspecified atom stereocenters. The summed E-state index contributed by atoms with van der Waals surface area (Å²) in [7, 11) is 0. The van der Waals surface area contributed by atoms with Crippen LogP contribution in [0.2, 0.25) is 0 Å². The summed E-state index contributed by atoms with van der Waals surface area (Å²) >= 11 is 0. The number of pyridine rings is 1. The van der Waals surface area contributed by atoms with Gasteiger partial charge in [-0.05, 0) is 12.1 Å². The Morgan fingerprint density at radius 1 is 1.43 bits per heavy atom. The molecular formula is C9H9NO4. The van der Waals surface area contributed by atoms with Gasteiger partial charge in [0.25, 0.3) is 0 Å². The monoisotopic (exact) mass is 195 g/mol. The number of hydrogen-bond acceptors (Lipinski definition) is 4. The zero-order chi connectivity index (χ0) is 9.97. The number of nitrogens with zero attached hydrogens (tertiary/aromatic N) is 1. The summed E-state index contributed by atoms with van der Waals surface area (Å²) < 4.78 is 10.4. The van der Waals surface area contributed by atoms with Crippen LogP contribution in [0.4, 0.5) is 0 Å². The van der Waals surface area contributed by atoms with Crippen LogP contribution in [-0.2, 0) is 9.47 Å². The number of carboxylic acid groups (broad SMARTS) is 1. The highest BCUT2D eigenvalue weighted by atomic mass is 16.7. The molecule has 1 N–H and O–H groups in total. The molecule has 2 rings (SSSR count). The molecule has 5 nitrogen and oxygen atoms in total. The third kappa shape index (κ3) is 1.73. The molecule has 1 aromatic rings. The van der Waals surface area contributed by atoms with Gasteiger partial charge in [-0.25, -0.2) is 9.78 Å². The van der Waals surface area contributed by atoms with Crippen LogP contribution in [0.15, 0.2) is 18.2 Å².